The smallest absolute Gasteiger partial charge is 0.310 e. The Kier molecular flexibility index (Phi) is 8.25. The van der Waals surface area contributed by atoms with Gasteiger partial charge in [0.2, 0.25) is 5.91 Å². The number of carbonyl (C=O) groups is 4. The third kappa shape index (κ3) is 6.18. The van der Waals surface area contributed by atoms with Crippen LogP contribution in [0, 0.1) is 12.8 Å². The van der Waals surface area contributed by atoms with Crippen LogP contribution in [-0.2, 0) is 27.4 Å². The van der Waals surface area contributed by atoms with Gasteiger partial charge in [-0.2, -0.15) is 5.10 Å². The summed E-state index contributed by atoms with van der Waals surface area (Å²) in [5.41, 5.74) is 2.72. The van der Waals surface area contributed by atoms with Crippen LogP contribution < -0.4 is 0 Å². The second-order valence-electron chi connectivity index (χ2n) is 9.80. The van der Waals surface area contributed by atoms with E-state index in [1.807, 2.05) is 31.2 Å². The van der Waals surface area contributed by atoms with Crippen LogP contribution in [0.25, 0.3) is 0 Å². The van der Waals surface area contributed by atoms with E-state index in [0.717, 1.165) is 17.5 Å². The second kappa shape index (κ2) is 11.6. The van der Waals surface area contributed by atoms with E-state index in [9.17, 15) is 19.2 Å². The molecule has 3 heterocycles. The van der Waals surface area contributed by atoms with Crippen LogP contribution in [0.4, 0.5) is 0 Å². The second-order valence-corrected chi connectivity index (χ2v) is 9.80. The van der Waals surface area contributed by atoms with Gasteiger partial charge in [-0.05, 0) is 38.7 Å². The number of carbonyl (C=O) groups excluding carboxylic acids is 4. The molecule has 198 valence electrons. The van der Waals surface area contributed by atoms with Crippen molar-refractivity contribution in [2.24, 2.45) is 5.92 Å². The molecule has 1 unspecified atom stereocenters. The number of likely N-dealkylation sites (tertiary alicyclic amines) is 1. The Morgan fingerprint density at radius 3 is 2.59 bits per heavy atom. The number of aryl methyl sites for hydroxylation is 2. The molecular formula is C27H35N5O5. The molecule has 2 aliphatic rings. The van der Waals surface area contributed by atoms with Crippen molar-refractivity contribution < 1.29 is 23.9 Å². The first kappa shape index (κ1) is 26.4. The van der Waals surface area contributed by atoms with Gasteiger partial charge in [-0.1, -0.05) is 29.8 Å². The topological polar surface area (TPSA) is 105 Å². The minimum absolute atomic E-state index is 0.135. The van der Waals surface area contributed by atoms with Crippen molar-refractivity contribution in [1.82, 2.24) is 24.5 Å². The van der Waals surface area contributed by atoms with Crippen LogP contribution in [0.15, 0.2) is 30.3 Å². The number of fused-ring (bicyclic) bond motifs is 1. The lowest BCUT2D eigenvalue weighted by Crippen LogP contribution is -2.47. The van der Waals surface area contributed by atoms with Crippen molar-refractivity contribution in [3.63, 3.8) is 0 Å². The number of nitrogens with zero attached hydrogens (tertiary/aromatic N) is 5. The monoisotopic (exact) mass is 509 g/mol. The lowest BCUT2D eigenvalue weighted by molar-refractivity contribution is -0.151. The van der Waals surface area contributed by atoms with Gasteiger partial charge in [-0.3, -0.25) is 23.9 Å². The van der Waals surface area contributed by atoms with Crippen LogP contribution in [-0.4, -0.2) is 88.0 Å². The number of likely N-dealkylation sites (N-methyl/N-ethyl adjacent to an activating group) is 1. The quantitative estimate of drug-likeness (QED) is 0.530. The third-order valence-corrected chi connectivity index (χ3v) is 6.91. The first-order valence-electron chi connectivity index (χ1n) is 12.9. The Hall–Kier alpha value is -3.69. The number of hydrogen-bond donors (Lipinski definition) is 0. The maximum atomic E-state index is 13.3. The number of hydrogen-bond acceptors (Lipinski definition) is 6. The van der Waals surface area contributed by atoms with E-state index in [1.165, 1.54) is 11.0 Å². The van der Waals surface area contributed by atoms with Crippen molar-refractivity contribution in [3.05, 3.63) is 52.8 Å². The van der Waals surface area contributed by atoms with Crippen molar-refractivity contribution in [1.29, 1.82) is 0 Å². The normalized spacial score (nSPS) is 17.7. The number of benzene rings is 1. The zero-order chi connectivity index (χ0) is 26.5. The van der Waals surface area contributed by atoms with Gasteiger partial charge in [0.05, 0.1) is 19.1 Å². The van der Waals surface area contributed by atoms with Crippen LogP contribution in [0.2, 0.25) is 0 Å². The summed E-state index contributed by atoms with van der Waals surface area (Å²) in [6, 6.07) is 9.61. The number of aromatic nitrogens is 2. The average molecular weight is 510 g/mol. The lowest BCUT2D eigenvalue weighted by atomic mass is 9.98. The van der Waals surface area contributed by atoms with Gasteiger partial charge >= 0.3 is 5.97 Å². The van der Waals surface area contributed by atoms with Gasteiger partial charge in [0.25, 0.3) is 11.8 Å². The molecule has 1 atom stereocenters. The zero-order valence-electron chi connectivity index (χ0n) is 21.8. The minimum Gasteiger partial charge on any atom is -0.466 e. The molecule has 2 aliphatic heterocycles. The molecule has 0 saturated carbocycles. The van der Waals surface area contributed by atoms with Crippen LogP contribution in [0.1, 0.15) is 58.3 Å². The van der Waals surface area contributed by atoms with Gasteiger partial charge in [-0.25, -0.2) is 0 Å². The fourth-order valence-corrected chi connectivity index (χ4v) is 4.83. The molecule has 2 aromatic rings. The molecule has 10 nitrogen and oxygen atoms in total. The van der Waals surface area contributed by atoms with Crippen LogP contribution in [0.3, 0.4) is 0 Å². The van der Waals surface area contributed by atoms with Gasteiger partial charge in [-0.15, -0.1) is 0 Å². The van der Waals surface area contributed by atoms with E-state index in [1.54, 1.807) is 28.5 Å². The molecule has 0 aliphatic carbocycles. The summed E-state index contributed by atoms with van der Waals surface area (Å²) in [5.74, 6) is -1.44. The molecule has 37 heavy (non-hydrogen) atoms. The molecule has 1 aromatic carbocycles. The summed E-state index contributed by atoms with van der Waals surface area (Å²) in [6.07, 6.45) is 2.12. The molecule has 4 rings (SSSR count). The maximum Gasteiger partial charge on any atom is 0.310 e. The van der Waals surface area contributed by atoms with E-state index in [0.29, 0.717) is 57.9 Å². The average Bonchev–Trinajstić information content (AvgIpc) is 3.26. The fourth-order valence-electron chi connectivity index (χ4n) is 4.83. The number of esters is 1. The SMILES string of the molecule is CCOC(=O)C1CCCN(C(=O)CN(C)C(=O)c2cc3n(n2)CCCN(Cc2ccc(C)cc2)C3=O)C1. The van der Waals surface area contributed by atoms with E-state index < -0.39 is 5.91 Å². The van der Waals surface area contributed by atoms with E-state index >= 15 is 0 Å². The van der Waals surface area contributed by atoms with Gasteiger partial charge in [0, 0.05) is 45.8 Å². The number of ether oxygens (including phenoxy) is 1. The number of piperidine rings is 1. The molecular weight excluding hydrogens is 474 g/mol. The fraction of sp³-hybridized carbons (Fsp3) is 0.519. The Balaban J connectivity index is 1.39. The molecule has 0 radical (unpaired) electrons. The predicted octanol–water partition coefficient (Wildman–Crippen LogP) is 2.11. The summed E-state index contributed by atoms with van der Waals surface area (Å²) < 4.78 is 6.70. The van der Waals surface area contributed by atoms with Crippen molar-refractivity contribution in [2.45, 2.75) is 46.2 Å². The third-order valence-electron chi connectivity index (χ3n) is 6.91. The van der Waals surface area contributed by atoms with E-state index in [4.69, 9.17) is 4.74 Å². The molecule has 1 saturated heterocycles. The first-order valence-corrected chi connectivity index (χ1v) is 12.9. The Bertz CT molecular complexity index is 1160. The van der Waals surface area contributed by atoms with Crippen LogP contribution in [0.5, 0.6) is 0 Å². The van der Waals surface area contributed by atoms with Crippen molar-refractivity contribution in [3.8, 4) is 0 Å². The highest BCUT2D eigenvalue weighted by molar-refractivity contribution is 5.99. The summed E-state index contributed by atoms with van der Waals surface area (Å²) >= 11 is 0. The van der Waals surface area contributed by atoms with E-state index in [-0.39, 0.29) is 35.9 Å². The molecule has 1 aromatic heterocycles. The number of rotatable bonds is 7. The molecule has 10 heteroatoms. The Morgan fingerprint density at radius 1 is 1.11 bits per heavy atom. The maximum absolute atomic E-state index is 13.3. The largest absolute Gasteiger partial charge is 0.466 e. The highest BCUT2D eigenvalue weighted by atomic mass is 16.5. The standard InChI is InChI=1S/C27H35N5O5/c1-4-37-27(36)21-7-5-12-30(17-21)24(33)18-29(3)25(34)22-15-23-26(35)31(13-6-14-32(23)28-22)16-20-10-8-19(2)9-11-20/h8-11,15,21H,4-7,12-14,16-18H2,1-3H3. The van der Waals surface area contributed by atoms with Crippen molar-refractivity contribution >= 4 is 23.7 Å². The van der Waals surface area contributed by atoms with Gasteiger partial charge in [0.1, 0.15) is 5.69 Å². The Labute approximate surface area is 217 Å². The van der Waals surface area contributed by atoms with Gasteiger partial charge in [0.15, 0.2) is 5.69 Å². The molecule has 1 fully saturated rings. The molecule has 0 bridgehead atoms. The highest BCUT2D eigenvalue weighted by Crippen LogP contribution is 2.20. The van der Waals surface area contributed by atoms with Crippen LogP contribution >= 0.6 is 0 Å². The lowest BCUT2D eigenvalue weighted by Gasteiger charge is -2.32. The summed E-state index contributed by atoms with van der Waals surface area (Å²) in [4.78, 5) is 56.1. The number of amides is 3. The summed E-state index contributed by atoms with van der Waals surface area (Å²) in [7, 11) is 1.54. The predicted molar refractivity (Wildman–Crippen MR) is 136 cm³/mol. The summed E-state index contributed by atoms with van der Waals surface area (Å²) in [6.45, 7) is 6.42. The molecule has 3 amide bonds. The molecule has 0 spiro atoms. The van der Waals surface area contributed by atoms with Crippen molar-refractivity contribution in [2.75, 3.05) is 39.8 Å². The zero-order valence-corrected chi connectivity index (χ0v) is 21.8. The minimum atomic E-state index is -0.425. The Morgan fingerprint density at radius 2 is 1.86 bits per heavy atom. The highest BCUT2D eigenvalue weighted by Gasteiger charge is 2.31. The van der Waals surface area contributed by atoms with Gasteiger partial charge < -0.3 is 19.4 Å². The first-order chi connectivity index (χ1) is 17.8. The molecule has 0 N–H and O–H groups in total. The summed E-state index contributed by atoms with van der Waals surface area (Å²) in [5, 5.41) is 4.40. The van der Waals surface area contributed by atoms with E-state index in [2.05, 4.69) is 5.10 Å².